The summed E-state index contributed by atoms with van der Waals surface area (Å²) in [7, 11) is 1.52. The van der Waals surface area contributed by atoms with Crippen molar-refractivity contribution in [1.29, 1.82) is 0 Å². The van der Waals surface area contributed by atoms with Gasteiger partial charge < -0.3 is 16.0 Å². The molecule has 3 N–H and O–H groups in total. The molecule has 0 fully saturated rings. The Labute approximate surface area is 101 Å². The highest BCUT2D eigenvalue weighted by Crippen LogP contribution is 2.05. The Morgan fingerprint density at radius 2 is 1.94 bits per heavy atom. The third-order valence-electron chi connectivity index (χ3n) is 2.14. The van der Waals surface area contributed by atoms with Crippen LogP contribution in [0.4, 0.5) is 9.59 Å². The van der Waals surface area contributed by atoms with Gasteiger partial charge in [0.1, 0.15) is 0 Å². The average molecular weight is 244 g/mol. The van der Waals surface area contributed by atoms with Crippen LogP contribution in [0, 0.1) is 0 Å². The van der Waals surface area contributed by atoms with Gasteiger partial charge in [-0.15, -0.1) is 0 Å². The first-order valence-corrected chi connectivity index (χ1v) is 5.33. The van der Waals surface area contributed by atoms with E-state index in [4.69, 9.17) is 0 Å². The lowest BCUT2D eigenvalue weighted by Gasteiger charge is -2.25. The van der Waals surface area contributed by atoms with Crippen molar-refractivity contribution >= 4 is 17.8 Å². The topological polar surface area (TPSA) is 91.8 Å². The van der Waals surface area contributed by atoms with Crippen molar-refractivity contribution in [2.75, 3.05) is 13.6 Å². The van der Waals surface area contributed by atoms with Crippen LogP contribution in [0.25, 0.3) is 0 Å². The van der Waals surface area contributed by atoms with Gasteiger partial charge in [-0.1, -0.05) is 5.16 Å². The summed E-state index contributed by atoms with van der Waals surface area (Å²) in [6.45, 7) is 7.40. The van der Waals surface area contributed by atoms with E-state index in [9.17, 15) is 9.59 Å². The molecule has 98 valence electrons. The number of amides is 3. The number of hydrogen-bond donors (Lipinski definition) is 3. The second-order valence-electron chi connectivity index (χ2n) is 3.91. The zero-order valence-electron chi connectivity index (χ0n) is 10.9. The minimum atomic E-state index is -0.702. The zero-order valence-corrected chi connectivity index (χ0v) is 10.9. The van der Waals surface area contributed by atoms with Crippen LogP contribution in [0.5, 0.6) is 0 Å². The van der Waals surface area contributed by atoms with E-state index in [0.717, 1.165) is 0 Å². The monoisotopic (exact) mass is 244 g/mol. The molecule has 17 heavy (non-hydrogen) atoms. The van der Waals surface area contributed by atoms with Crippen molar-refractivity contribution in [1.82, 2.24) is 16.0 Å². The second kappa shape index (κ2) is 6.72. The molecule has 7 heteroatoms. The molecule has 0 atom stereocenters. The van der Waals surface area contributed by atoms with E-state index in [0.29, 0.717) is 12.3 Å². The molecule has 0 heterocycles. The summed E-state index contributed by atoms with van der Waals surface area (Å²) in [6, 6.07) is -0.331. The average Bonchev–Trinajstić information content (AvgIpc) is 2.25. The van der Waals surface area contributed by atoms with E-state index in [1.54, 1.807) is 27.7 Å². The minimum absolute atomic E-state index is 0.331. The number of carbonyl (C=O) groups is 2. The van der Waals surface area contributed by atoms with Gasteiger partial charge in [0.2, 0.25) is 0 Å². The molecule has 0 aliphatic heterocycles. The molecule has 0 aromatic heterocycles. The van der Waals surface area contributed by atoms with E-state index < -0.39 is 11.6 Å². The van der Waals surface area contributed by atoms with Gasteiger partial charge >= 0.3 is 12.1 Å². The highest BCUT2D eigenvalue weighted by atomic mass is 16.7. The molecular weight excluding hydrogens is 224 g/mol. The van der Waals surface area contributed by atoms with Crippen LogP contribution in [0.15, 0.2) is 5.16 Å². The predicted octanol–water partition coefficient (Wildman–Crippen LogP) is 0.816. The van der Waals surface area contributed by atoms with Crippen LogP contribution >= 0.6 is 0 Å². The van der Waals surface area contributed by atoms with E-state index in [-0.39, 0.29) is 6.03 Å². The standard InChI is InChI=1S/C10H20N4O3/c1-6-12-9(16)17-14-7(2)10(3,4)13-8(15)11-5/h6H2,1-5H3,(H,12,16)(H2,11,13,15)/b14-7-. The first-order chi connectivity index (χ1) is 7.83. The smallest absolute Gasteiger partial charge is 0.341 e. The number of carbonyl (C=O) groups excluding carboxylic acids is 2. The van der Waals surface area contributed by atoms with Gasteiger partial charge in [0.05, 0.1) is 11.3 Å². The SMILES string of the molecule is CCNC(=O)O/N=C(/C)C(C)(C)NC(=O)NC. The molecule has 0 saturated heterocycles. The largest absolute Gasteiger partial charge is 0.433 e. The lowest BCUT2D eigenvalue weighted by atomic mass is 10.0. The molecule has 0 aliphatic rings. The van der Waals surface area contributed by atoms with Gasteiger partial charge in [0.25, 0.3) is 0 Å². The number of urea groups is 1. The fourth-order valence-electron chi connectivity index (χ4n) is 0.837. The quantitative estimate of drug-likeness (QED) is 0.388. The van der Waals surface area contributed by atoms with Gasteiger partial charge in [0.15, 0.2) is 0 Å². The van der Waals surface area contributed by atoms with Gasteiger partial charge in [-0.2, -0.15) is 0 Å². The second-order valence-corrected chi connectivity index (χ2v) is 3.91. The Morgan fingerprint density at radius 3 is 2.41 bits per heavy atom. The Bertz CT molecular complexity index is 313. The molecule has 7 nitrogen and oxygen atoms in total. The Balaban J connectivity index is 4.45. The first kappa shape index (κ1) is 15.2. The normalized spacial score (nSPS) is 11.7. The Kier molecular flexibility index (Phi) is 6.01. The van der Waals surface area contributed by atoms with Crippen molar-refractivity contribution in [3.05, 3.63) is 0 Å². The molecule has 0 aromatic rings. The van der Waals surface area contributed by atoms with Gasteiger partial charge in [-0.25, -0.2) is 9.59 Å². The van der Waals surface area contributed by atoms with E-state index >= 15 is 0 Å². The van der Waals surface area contributed by atoms with E-state index in [1.165, 1.54) is 7.05 Å². The van der Waals surface area contributed by atoms with Crippen LogP contribution in [-0.2, 0) is 4.84 Å². The highest BCUT2D eigenvalue weighted by Gasteiger charge is 2.24. The zero-order chi connectivity index (χ0) is 13.5. The van der Waals surface area contributed by atoms with E-state index in [1.807, 2.05) is 0 Å². The van der Waals surface area contributed by atoms with Crippen LogP contribution in [0.2, 0.25) is 0 Å². The van der Waals surface area contributed by atoms with Crippen LogP contribution in [-0.4, -0.2) is 37.0 Å². The molecule has 0 radical (unpaired) electrons. The highest BCUT2D eigenvalue weighted by molar-refractivity contribution is 5.94. The van der Waals surface area contributed by atoms with Crippen molar-refractivity contribution < 1.29 is 14.4 Å². The molecule has 0 rings (SSSR count). The van der Waals surface area contributed by atoms with Gasteiger partial charge in [-0.05, 0) is 27.7 Å². The van der Waals surface area contributed by atoms with E-state index in [2.05, 4.69) is 25.9 Å². The molecule has 0 aliphatic carbocycles. The van der Waals surface area contributed by atoms with Crippen molar-refractivity contribution in [2.24, 2.45) is 5.16 Å². The minimum Gasteiger partial charge on any atom is -0.341 e. The summed E-state index contributed by atoms with van der Waals surface area (Å²) in [5.74, 6) is 0. The summed E-state index contributed by atoms with van der Waals surface area (Å²) >= 11 is 0. The lowest BCUT2D eigenvalue weighted by molar-refractivity contribution is 0.150. The molecule has 0 spiro atoms. The summed E-state index contributed by atoms with van der Waals surface area (Å²) < 4.78 is 0. The predicted molar refractivity (Wildman–Crippen MR) is 64.9 cm³/mol. The van der Waals surface area contributed by atoms with Gasteiger partial charge in [0, 0.05) is 13.6 Å². The number of rotatable bonds is 4. The lowest BCUT2D eigenvalue weighted by Crippen LogP contribution is -2.51. The number of nitrogens with one attached hydrogen (secondary N) is 3. The van der Waals surface area contributed by atoms with Crippen molar-refractivity contribution in [2.45, 2.75) is 33.2 Å². The Morgan fingerprint density at radius 1 is 1.35 bits per heavy atom. The number of hydrogen-bond acceptors (Lipinski definition) is 4. The number of nitrogens with zero attached hydrogens (tertiary/aromatic N) is 1. The van der Waals surface area contributed by atoms with Crippen LogP contribution in [0.1, 0.15) is 27.7 Å². The van der Waals surface area contributed by atoms with Crippen molar-refractivity contribution in [3.63, 3.8) is 0 Å². The first-order valence-electron chi connectivity index (χ1n) is 5.33. The number of oxime groups is 1. The Hall–Kier alpha value is -1.79. The van der Waals surface area contributed by atoms with Crippen LogP contribution < -0.4 is 16.0 Å². The molecule has 3 amide bonds. The van der Waals surface area contributed by atoms with Crippen molar-refractivity contribution in [3.8, 4) is 0 Å². The molecule has 0 unspecified atom stereocenters. The summed E-state index contributed by atoms with van der Waals surface area (Å²) in [6.07, 6.45) is -0.623. The maximum Gasteiger partial charge on any atom is 0.433 e. The summed E-state index contributed by atoms with van der Waals surface area (Å²) in [5.41, 5.74) is -0.223. The third kappa shape index (κ3) is 5.74. The molecule has 0 saturated carbocycles. The summed E-state index contributed by atoms with van der Waals surface area (Å²) in [4.78, 5) is 26.8. The van der Waals surface area contributed by atoms with Crippen LogP contribution in [0.3, 0.4) is 0 Å². The maximum absolute atomic E-state index is 11.2. The third-order valence-corrected chi connectivity index (χ3v) is 2.14. The molecule has 0 bridgehead atoms. The molecular formula is C10H20N4O3. The fourth-order valence-corrected chi connectivity index (χ4v) is 0.837. The maximum atomic E-state index is 11.2. The molecule has 0 aromatic carbocycles. The van der Waals surface area contributed by atoms with Gasteiger partial charge in [-0.3, -0.25) is 4.84 Å². The fraction of sp³-hybridized carbons (Fsp3) is 0.700. The summed E-state index contributed by atoms with van der Waals surface area (Å²) in [5, 5.41) is 11.2.